The van der Waals surface area contributed by atoms with Crippen LogP contribution in [0.2, 0.25) is 0 Å². The predicted molar refractivity (Wildman–Crippen MR) is 123 cm³/mol. The largest absolute Gasteiger partial charge is 0.444 e. The summed E-state index contributed by atoms with van der Waals surface area (Å²) in [5, 5.41) is 7.34. The molecule has 1 N–H and O–H groups in total. The maximum atomic E-state index is 13.4. The van der Waals surface area contributed by atoms with Gasteiger partial charge in [-0.1, -0.05) is 0 Å². The number of hydrogen-bond donors (Lipinski definition) is 1. The van der Waals surface area contributed by atoms with Gasteiger partial charge in [0.15, 0.2) is 6.23 Å². The normalized spacial score (nSPS) is 16.4. The van der Waals surface area contributed by atoms with Gasteiger partial charge in [0.25, 0.3) is 0 Å². The Morgan fingerprint density at radius 2 is 2.03 bits per heavy atom. The van der Waals surface area contributed by atoms with Crippen LogP contribution in [0.25, 0.3) is 22.5 Å². The minimum Gasteiger partial charge on any atom is -0.444 e. The summed E-state index contributed by atoms with van der Waals surface area (Å²) in [5.41, 5.74) is 3.45. The fourth-order valence-electron chi connectivity index (χ4n) is 3.80. The molecule has 0 radical (unpaired) electrons. The Balaban J connectivity index is 1.69. The molecule has 1 aromatic carbocycles. The van der Waals surface area contributed by atoms with Crippen molar-refractivity contribution in [3.63, 3.8) is 0 Å². The highest BCUT2D eigenvalue weighted by molar-refractivity contribution is 5.72. The number of pyridine rings is 1. The van der Waals surface area contributed by atoms with E-state index in [1.807, 2.05) is 37.6 Å². The lowest BCUT2D eigenvalue weighted by molar-refractivity contribution is -0.0383. The van der Waals surface area contributed by atoms with Crippen molar-refractivity contribution in [2.75, 3.05) is 6.61 Å². The smallest absolute Gasteiger partial charge is 0.407 e. The van der Waals surface area contributed by atoms with Crippen LogP contribution in [0.4, 0.5) is 9.18 Å². The topological polar surface area (TPSA) is 78.3 Å². The monoisotopic (exact) mass is 452 g/mol. The number of rotatable bonds is 5. The summed E-state index contributed by atoms with van der Waals surface area (Å²) in [4.78, 5) is 16.8. The molecule has 0 aliphatic carbocycles. The molecule has 7 nitrogen and oxygen atoms in total. The van der Waals surface area contributed by atoms with E-state index in [1.165, 1.54) is 12.1 Å². The average Bonchev–Trinajstić information content (AvgIpc) is 3.27. The number of nitrogens with zero attached hydrogens (tertiary/aromatic N) is 3. The van der Waals surface area contributed by atoms with E-state index in [2.05, 4.69) is 15.4 Å². The summed E-state index contributed by atoms with van der Waals surface area (Å²) in [6, 6.07) is 10.1. The van der Waals surface area contributed by atoms with Gasteiger partial charge in [-0.05, 0) is 82.0 Å². The van der Waals surface area contributed by atoms with Crippen molar-refractivity contribution in [3.05, 3.63) is 60.2 Å². The zero-order chi connectivity index (χ0) is 23.4. The Bertz CT molecular complexity index is 1100. The van der Waals surface area contributed by atoms with Crippen LogP contribution in [0.5, 0.6) is 0 Å². The first-order valence-electron chi connectivity index (χ1n) is 11.2. The molecule has 3 heterocycles. The first-order chi connectivity index (χ1) is 15.8. The summed E-state index contributed by atoms with van der Waals surface area (Å²) < 4.78 is 26.6. The van der Waals surface area contributed by atoms with E-state index in [-0.39, 0.29) is 18.6 Å². The molecule has 1 saturated heterocycles. The highest BCUT2D eigenvalue weighted by Crippen LogP contribution is 2.32. The van der Waals surface area contributed by atoms with Crippen LogP contribution in [0.1, 0.15) is 51.8 Å². The number of aromatic nitrogens is 3. The Kier molecular flexibility index (Phi) is 6.74. The summed E-state index contributed by atoms with van der Waals surface area (Å²) in [6.07, 6.45) is 5.84. The highest BCUT2D eigenvalue weighted by Gasteiger charge is 2.22. The van der Waals surface area contributed by atoms with E-state index in [4.69, 9.17) is 9.47 Å². The number of carbonyl (C=O) groups is 1. The SMILES string of the molecule is CC(C)(C)OC(=O)NCc1cnc(-c2ccc(F)cc2)cc1-c1ccnn1C1CCCCO1. The number of hydrogen-bond acceptors (Lipinski definition) is 5. The summed E-state index contributed by atoms with van der Waals surface area (Å²) >= 11 is 0. The lowest BCUT2D eigenvalue weighted by atomic mass is 10.0. The molecule has 1 amide bonds. The van der Waals surface area contributed by atoms with Gasteiger partial charge in [0.05, 0.1) is 11.4 Å². The van der Waals surface area contributed by atoms with Crippen LogP contribution in [0.15, 0.2) is 48.8 Å². The predicted octanol–water partition coefficient (Wildman–Crippen LogP) is 5.48. The lowest BCUT2D eigenvalue weighted by Crippen LogP contribution is -2.32. The Hall–Kier alpha value is -3.26. The van der Waals surface area contributed by atoms with Crippen molar-refractivity contribution in [3.8, 4) is 22.5 Å². The van der Waals surface area contributed by atoms with E-state index in [1.54, 1.807) is 24.5 Å². The summed E-state index contributed by atoms with van der Waals surface area (Å²) in [7, 11) is 0. The third-order valence-electron chi connectivity index (χ3n) is 5.32. The maximum absolute atomic E-state index is 13.4. The van der Waals surface area contributed by atoms with Crippen LogP contribution in [0, 0.1) is 5.82 Å². The number of amides is 1. The molecule has 1 unspecified atom stereocenters. The third kappa shape index (κ3) is 5.76. The van der Waals surface area contributed by atoms with Crippen LogP contribution in [0.3, 0.4) is 0 Å². The van der Waals surface area contributed by atoms with Gasteiger partial charge in [-0.25, -0.2) is 13.9 Å². The minimum absolute atomic E-state index is 0.141. The van der Waals surface area contributed by atoms with Gasteiger partial charge in [-0.2, -0.15) is 5.10 Å². The van der Waals surface area contributed by atoms with Crippen LogP contribution in [-0.2, 0) is 16.0 Å². The number of benzene rings is 1. The van der Waals surface area contributed by atoms with Gasteiger partial charge in [0.1, 0.15) is 11.4 Å². The average molecular weight is 453 g/mol. The molecule has 4 rings (SSSR count). The Morgan fingerprint density at radius 1 is 1.24 bits per heavy atom. The Labute approximate surface area is 192 Å². The van der Waals surface area contributed by atoms with E-state index in [0.29, 0.717) is 12.3 Å². The van der Waals surface area contributed by atoms with Crippen molar-refractivity contribution in [1.82, 2.24) is 20.1 Å². The van der Waals surface area contributed by atoms with Crippen molar-refractivity contribution in [1.29, 1.82) is 0 Å². The third-order valence-corrected chi connectivity index (χ3v) is 5.32. The summed E-state index contributed by atoms with van der Waals surface area (Å²) in [5.74, 6) is -0.301. The standard InChI is InChI=1S/C25H29FN4O3/c1-25(2,3)33-24(31)28-16-18-15-27-21(17-7-9-19(26)10-8-17)14-20(18)22-11-12-29-30(22)23-6-4-5-13-32-23/h7-12,14-15,23H,4-6,13,16H2,1-3H3,(H,28,31). The zero-order valence-electron chi connectivity index (χ0n) is 19.2. The molecule has 1 aliphatic rings. The molecule has 0 bridgehead atoms. The van der Waals surface area contributed by atoms with E-state index in [0.717, 1.165) is 41.6 Å². The second-order valence-corrected chi connectivity index (χ2v) is 9.07. The number of halogens is 1. The van der Waals surface area contributed by atoms with Gasteiger partial charge >= 0.3 is 6.09 Å². The molecule has 0 saturated carbocycles. The first kappa shape index (κ1) is 22.9. The number of carbonyl (C=O) groups excluding carboxylic acids is 1. The molecule has 33 heavy (non-hydrogen) atoms. The van der Waals surface area contributed by atoms with Gasteiger partial charge in [-0.15, -0.1) is 0 Å². The molecule has 3 aromatic rings. The number of alkyl carbamates (subject to hydrolysis) is 1. The van der Waals surface area contributed by atoms with Crippen molar-refractivity contribution in [2.45, 2.75) is 58.4 Å². The molecule has 8 heteroatoms. The maximum Gasteiger partial charge on any atom is 0.407 e. The second-order valence-electron chi connectivity index (χ2n) is 9.07. The molecule has 0 spiro atoms. The fraction of sp³-hybridized carbons (Fsp3) is 0.400. The zero-order valence-corrected chi connectivity index (χ0v) is 19.2. The summed E-state index contributed by atoms with van der Waals surface area (Å²) in [6.45, 7) is 6.39. The lowest BCUT2D eigenvalue weighted by Gasteiger charge is -2.25. The molecule has 1 atom stereocenters. The molecule has 1 aliphatic heterocycles. The second kappa shape index (κ2) is 9.70. The van der Waals surface area contributed by atoms with Crippen molar-refractivity contribution < 1.29 is 18.7 Å². The van der Waals surface area contributed by atoms with Crippen LogP contribution < -0.4 is 5.32 Å². The number of ether oxygens (including phenoxy) is 2. The Morgan fingerprint density at radius 3 is 2.73 bits per heavy atom. The number of nitrogens with one attached hydrogen (secondary N) is 1. The van der Waals surface area contributed by atoms with Crippen molar-refractivity contribution in [2.24, 2.45) is 0 Å². The van der Waals surface area contributed by atoms with Crippen LogP contribution >= 0.6 is 0 Å². The molecular formula is C25H29FN4O3. The van der Waals surface area contributed by atoms with E-state index >= 15 is 0 Å². The minimum atomic E-state index is -0.589. The molecule has 174 valence electrons. The quantitative estimate of drug-likeness (QED) is 0.555. The van der Waals surface area contributed by atoms with Gasteiger partial charge in [-0.3, -0.25) is 4.98 Å². The van der Waals surface area contributed by atoms with Gasteiger partial charge < -0.3 is 14.8 Å². The highest BCUT2D eigenvalue weighted by atomic mass is 19.1. The first-order valence-corrected chi connectivity index (χ1v) is 11.2. The molecule has 2 aromatic heterocycles. The molecule has 1 fully saturated rings. The van der Waals surface area contributed by atoms with Crippen molar-refractivity contribution >= 4 is 6.09 Å². The molecular weight excluding hydrogens is 423 g/mol. The van der Waals surface area contributed by atoms with Crippen LogP contribution in [-0.4, -0.2) is 33.1 Å². The van der Waals surface area contributed by atoms with E-state index < -0.39 is 11.7 Å². The van der Waals surface area contributed by atoms with E-state index in [9.17, 15) is 9.18 Å². The van der Waals surface area contributed by atoms with Gasteiger partial charge in [0.2, 0.25) is 0 Å². The fourth-order valence-corrected chi connectivity index (χ4v) is 3.80. The van der Waals surface area contributed by atoms with Gasteiger partial charge in [0, 0.05) is 36.7 Å².